The lowest BCUT2D eigenvalue weighted by Crippen LogP contribution is -2.27. The molecule has 0 bridgehead atoms. The van der Waals surface area contributed by atoms with E-state index in [0.29, 0.717) is 18.1 Å². The fourth-order valence-corrected chi connectivity index (χ4v) is 2.38. The van der Waals surface area contributed by atoms with Crippen molar-refractivity contribution in [3.8, 4) is 5.88 Å². The second-order valence-corrected chi connectivity index (χ2v) is 4.90. The van der Waals surface area contributed by atoms with E-state index in [9.17, 15) is 4.79 Å². The van der Waals surface area contributed by atoms with Gasteiger partial charge in [0.2, 0.25) is 5.88 Å². The lowest BCUT2D eigenvalue weighted by atomic mass is 10.3. The number of hydrogen-bond acceptors (Lipinski definition) is 4. The topological polar surface area (TPSA) is 71.5 Å². The predicted molar refractivity (Wildman–Crippen MR) is 71.8 cm³/mol. The standard InChI is InChI=1S/C14H17N3O3/c18-8-5-11-9-15-17(10-11)13-4-3-12(20-13)14(19)16-6-1-2-7-16/h3-4,9-10,18H,1-2,5-8H2. The van der Waals surface area contributed by atoms with Gasteiger partial charge in [-0.1, -0.05) is 0 Å². The van der Waals surface area contributed by atoms with E-state index < -0.39 is 0 Å². The van der Waals surface area contributed by atoms with Gasteiger partial charge in [-0.25, -0.2) is 4.68 Å². The zero-order chi connectivity index (χ0) is 13.9. The fraction of sp³-hybridized carbons (Fsp3) is 0.429. The van der Waals surface area contributed by atoms with Crippen LogP contribution in [0.25, 0.3) is 5.88 Å². The third-order valence-corrected chi connectivity index (χ3v) is 3.46. The van der Waals surface area contributed by atoms with Crippen LogP contribution in [0.5, 0.6) is 0 Å². The molecule has 2 aromatic heterocycles. The lowest BCUT2D eigenvalue weighted by Gasteiger charge is -2.12. The number of carbonyl (C=O) groups is 1. The molecule has 1 fully saturated rings. The van der Waals surface area contributed by atoms with Crippen LogP contribution in [-0.2, 0) is 6.42 Å². The number of aliphatic hydroxyl groups is 1. The van der Waals surface area contributed by atoms with Crippen molar-refractivity contribution in [2.45, 2.75) is 19.3 Å². The Morgan fingerprint density at radius 2 is 2.15 bits per heavy atom. The number of nitrogens with zero attached hydrogens (tertiary/aromatic N) is 3. The van der Waals surface area contributed by atoms with Crippen LogP contribution in [0.4, 0.5) is 0 Å². The third kappa shape index (κ3) is 2.46. The maximum atomic E-state index is 12.2. The fourth-order valence-electron chi connectivity index (χ4n) is 2.38. The molecule has 20 heavy (non-hydrogen) atoms. The van der Waals surface area contributed by atoms with Crippen molar-refractivity contribution in [1.82, 2.24) is 14.7 Å². The van der Waals surface area contributed by atoms with Gasteiger partial charge in [0.25, 0.3) is 5.91 Å². The van der Waals surface area contributed by atoms with Crippen LogP contribution in [-0.4, -0.2) is 45.4 Å². The number of carbonyl (C=O) groups excluding carboxylic acids is 1. The van der Waals surface area contributed by atoms with Crippen LogP contribution < -0.4 is 0 Å². The Morgan fingerprint density at radius 3 is 2.90 bits per heavy atom. The molecule has 1 N–H and O–H groups in total. The van der Waals surface area contributed by atoms with E-state index >= 15 is 0 Å². The zero-order valence-corrected chi connectivity index (χ0v) is 11.2. The first-order valence-electron chi connectivity index (χ1n) is 6.82. The van der Waals surface area contributed by atoms with Crippen LogP contribution in [0.15, 0.2) is 28.9 Å². The molecule has 6 nitrogen and oxygen atoms in total. The molecule has 1 aliphatic heterocycles. The van der Waals surface area contributed by atoms with E-state index in [1.807, 2.05) is 4.90 Å². The highest BCUT2D eigenvalue weighted by molar-refractivity contribution is 5.91. The van der Waals surface area contributed by atoms with E-state index in [1.54, 1.807) is 29.2 Å². The summed E-state index contributed by atoms with van der Waals surface area (Å²) in [5, 5.41) is 13.0. The Bertz CT molecular complexity index is 596. The quantitative estimate of drug-likeness (QED) is 0.911. The molecular weight excluding hydrogens is 258 g/mol. The van der Waals surface area contributed by atoms with Gasteiger partial charge in [0, 0.05) is 32.0 Å². The normalized spacial score (nSPS) is 14.9. The maximum absolute atomic E-state index is 12.2. The number of aliphatic hydroxyl groups excluding tert-OH is 1. The van der Waals surface area contributed by atoms with Gasteiger partial charge in [-0.15, -0.1) is 0 Å². The minimum atomic E-state index is -0.0588. The van der Waals surface area contributed by atoms with E-state index in [4.69, 9.17) is 9.52 Å². The van der Waals surface area contributed by atoms with Gasteiger partial charge in [0.05, 0.1) is 6.20 Å². The number of aromatic nitrogens is 2. The number of rotatable bonds is 4. The average molecular weight is 275 g/mol. The van der Waals surface area contributed by atoms with Crippen molar-refractivity contribution in [2.75, 3.05) is 19.7 Å². The van der Waals surface area contributed by atoms with Crippen LogP contribution in [0.3, 0.4) is 0 Å². The molecule has 3 rings (SSSR count). The summed E-state index contributed by atoms with van der Waals surface area (Å²) in [4.78, 5) is 14.0. The summed E-state index contributed by atoms with van der Waals surface area (Å²) in [7, 11) is 0. The molecule has 1 aliphatic rings. The van der Waals surface area contributed by atoms with E-state index in [-0.39, 0.29) is 12.5 Å². The van der Waals surface area contributed by atoms with E-state index in [1.165, 1.54) is 0 Å². The molecule has 0 saturated carbocycles. The second kappa shape index (κ2) is 5.50. The minimum Gasteiger partial charge on any atom is -0.433 e. The summed E-state index contributed by atoms with van der Waals surface area (Å²) in [5.41, 5.74) is 0.927. The van der Waals surface area contributed by atoms with Crippen molar-refractivity contribution in [3.05, 3.63) is 35.9 Å². The Labute approximate surface area is 116 Å². The first kappa shape index (κ1) is 12.9. The largest absolute Gasteiger partial charge is 0.433 e. The van der Waals surface area contributed by atoms with Gasteiger partial charge in [-0.2, -0.15) is 5.10 Å². The smallest absolute Gasteiger partial charge is 0.289 e. The van der Waals surface area contributed by atoms with Gasteiger partial charge < -0.3 is 14.4 Å². The van der Waals surface area contributed by atoms with Gasteiger partial charge in [-0.05, 0) is 30.9 Å². The van der Waals surface area contributed by atoms with Gasteiger partial charge >= 0.3 is 0 Å². The van der Waals surface area contributed by atoms with Gasteiger partial charge in [-0.3, -0.25) is 4.79 Å². The molecule has 0 aromatic carbocycles. The van der Waals surface area contributed by atoms with E-state index in [0.717, 1.165) is 31.5 Å². The van der Waals surface area contributed by atoms with Crippen molar-refractivity contribution in [1.29, 1.82) is 0 Å². The molecule has 6 heteroatoms. The molecular formula is C14H17N3O3. The second-order valence-electron chi connectivity index (χ2n) is 4.90. The highest BCUT2D eigenvalue weighted by atomic mass is 16.4. The number of hydrogen-bond donors (Lipinski definition) is 1. The first-order valence-corrected chi connectivity index (χ1v) is 6.82. The SMILES string of the molecule is O=C(c1ccc(-n2cc(CCO)cn2)o1)N1CCCC1. The number of likely N-dealkylation sites (tertiary alicyclic amines) is 1. The van der Waals surface area contributed by atoms with Crippen molar-refractivity contribution in [2.24, 2.45) is 0 Å². The predicted octanol–water partition coefficient (Wildman–Crippen LogP) is 1.24. The summed E-state index contributed by atoms with van der Waals surface area (Å²) >= 11 is 0. The summed E-state index contributed by atoms with van der Waals surface area (Å²) < 4.78 is 7.16. The van der Waals surface area contributed by atoms with Crippen molar-refractivity contribution < 1.29 is 14.3 Å². The highest BCUT2D eigenvalue weighted by Crippen LogP contribution is 2.17. The Balaban J connectivity index is 1.76. The van der Waals surface area contributed by atoms with E-state index in [2.05, 4.69) is 5.10 Å². The Hall–Kier alpha value is -2.08. The maximum Gasteiger partial charge on any atom is 0.289 e. The van der Waals surface area contributed by atoms with Crippen LogP contribution in [0, 0.1) is 0 Å². The summed E-state index contributed by atoms with van der Waals surface area (Å²) in [5.74, 6) is 0.800. The van der Waals surface area contributed by atoms with Gasteiger partial charge in [0.15, 0.2) is 5.76 Å². The average Bonchev–Trinajstić information content (AvgIpc) is 3.19. The molecule has 0 aliphatic carbocycles. The summed E-state index contributed by atoms with van der Waals surface area (Å²) in [6.45, 7) is 1.69. The molecule has 0 unspecified atom stereocenters. The molecule has 0 radical (unpaired) electrons. The zero-order valence-electron chi connectivity index (χ0n) is 11.2. The van der Waals surface area contributed by atoms with Gasteiger partial charge in [0.1, 0.15) is 0 Å². The molecule has 0 atom stereocenters. The molecule has 0 spiro atoms. The lowest BCUT2D eigenvalue weighted by molar-refractivity contribution is 0.0761. The van der Waals surface area contributed by atoms with Crippen LogP contribution in [0.1, 0.15) is 29.0 Å². The molecule has 1 amide bonds. The molecule has 106 valence electrons. The molecule has 3 heterocycles. The molecule has 1 saturated heterocycles. The Morgan fingerprint density at radius 1 is 1.35 bits per heavy atom. The third-order valence-electron chi connectivity index (χ3n) is 3.46. The molecule has 2 aromatic rings. The van der Waals surface area contributed by atoms with Crippen LogP contribution >= 0.6 is 0 Å². The first-order chi connectivity index (χ1) is 9.78. The van der Waals surface area contributed by atoms with Crippen LogP contribution in [0.2, 0.25) is 0 Å². The monoisotopic (exact) mass is 275 g/mol. The number of furan rings is 1. The Kier molecular flexibility index (Phi) is 3.56. The minimum absolute atomic E-state index is 0.0588. The van der Waals surface area contributed by atoms with Crippen molar-refractivity contribution in [3.63, 3.8) is 0 Å². The number of amides is 1. The summed E-state index contributed by atoms with van der Waals surface area (Å²) in [6, 6.07) is 3.42. The summed E-state index contributed by atoms with van der Waals surface area (Å²) in [6.07, 6.45) is 6.14. The highest BCUT2D eigenvalue weighted by Gasteiger charge is 2.22. The van der Waals surface area contributed by atoms with Crippen molar-refractivity contribution >= 4 is 5.91 Å².